The summed E-state index contributed by atoms with van der Waals surface area (Å²) in [6, 6.07) is 0. The van der Waals surface area contributed by atoms with Gasteiger partial charge in [-0.3, -0.25) is 4.79 Å². The van der Waals surface area contributed by atoms with Gasteiger partial charge in [0.25, 0.3) is 0 Å². The third-order valence-electron chi connectivity index (χ3n) is 2.49. The minimum atomic E-state index is -0.841. The number of aromatic nitrogens is 2. The van der Waals surface area contributed by atoms with E-state index in [1.165, 1.54) is 11.5 Å². The molecule has 0 spiro atoms. The van der Waals surface area contributed by atoms with Gasteiger partial charge in [0.15, 0.2) is 0 Å². The molecule has 16 heavy (non-hydrogen) atoms. The van der Waals surface area contributed by atoms with E-state index in [1.54, 1.807) is 0 Å². The maximum Gasteiger partial charge on any atom is 0.307 e. The van der Waals surface area contributed by atoms with Gasteiger partial charge in [-0.25, -0.2) is 4.98 Å². The fourth-order valence-electron chi connectivity index (χ4n) is 1.71. The molecule has 0 aliphatic carbocycles. The molecule has 0 aromatic carbocycles. The van der Waals surface area contributed by atoms with E-state index in [2.05, 4.69) is 25.3 Å². The van der Waals surface area contributed by atoms with Gasteiger partial charge in [-0.1, -0.05) is 0 Å². The molecule has 0 unspecified atom stereocenters. The smallest absolute Gasteiger partial charge is 0.307 e. The molecule has 0 aliphatic rings. The lowest BCUT2D eigenvalue weighted by atomic mass is 10.0. The summed E-state index contributed by atoms with van der Waals surface area (Å²) in [6.07, 6.45) is 0.00287. The summed E-state index contributed by atoms with van der Waals surface area (Å²) in [5.41, 5.74) is 2.50. The molecule has 0 atom stereocenters. The summed E-state index contributed by atoms with van der Waals surface area (Å²) in [7, 11) is 0. The van der Waals surface area contributed by atoms with Crippen LogP contribution in [-0.4, -0.2) is 20.4 Å². The van der Waals surface area contributed by atoms with E-state index in [-0.39, 0.29) is 6.42 Å². The highest BCUT2D eigenvalue weighted by atomic mass is 79.9. The van der Waals surface area contributed by atoms with Crippen LogP contribution in [0.5, 0.6) is 0 Å². The number of carbonyl (C=O) groups is 1. The minimum absolute atomic E-state index is 0.00287. The number of aliphatic carboxylic acids is 1. The normalized spacial score (nSPS) is 10.9. The molecule has 0 amide bonds. The van der Waals surface area contributed by atoms with E-state index in [0.717, 1.165) is 31.6 Å². The van der Waals surface area contributed by atoms with Crippen LogP contribution in [0.1, 0.15) is 16.8 Å². The van der Waals surface area contributed by atoms with Gasteiger partial charge in [0.2, 0.25) is 0 Å². The first-order chi connectivity index (χ1) is 7.50. The molecule has 0 fully saturated rings. The number of carboxylic acid groups (broad SMARTS) is 1. The Balaban J connectivity index is 2.73. The third-order valence-corrected chi connectivity index (χ3v) is 4.04. The zero-order valence-corrected chi connectivity index (χ0v) is 11.1. The predicted octanol–water partition coefficient (Wildman–Crippen LogP) is 2.70. The molecule has 84 valence electrons. The molecule has 2 aromatic heterocycles. The molecular weight excluding hydrogens is 292 g/mol. The first-order valence-corrected chi connectivity index (χ1v) is 6.20. The number of pyridine rings is 1. The van der Waals surface area contributed by atoms with E-state index < -0.39 is 5.97 Å². The van der Waals surface area contributed by atoms with Gasteiger partial charge in [-0.2, -0.15) is 4.37 Å². The predicted molar refractivity (Wildman–Crippen MR) is 65.9 cm³/mol. The Bertz CT molecular complexity index is 580. The molecule has 0 bridgehead atoms. The maximum atomic E-state index is 10.8. The van der Waals surface area contributed by atoms with Gasteiger partial charge in [-0.05, 0) is 52.4 Å². The highest BCUT2D eigenvalue weighted by Gasteiger charge is 2.16. The fraction of sp³-hybridized carbons (Fsp3) is 0.300. The molecule has 1 N–H and O–H groups in total. The Labute approximate surface area is 105 Å². The van der Waals surface area contributed by atoms with Crippen molar-refractivity contribution in [1.29, 1.82) is 0 Å². The van der Waals surface area contributed by atoms with Crippen molar-refractivity contribution in [3.05, 3.63) is 21.4 Å². The van der Waals surface area contributed by atoms with Gasteiger partial charge in [0, 0.05) is 11.1 Å². The Morgan fingerprint density at radius 3 is 2.81 bits per heavy atom. The second-order valence-electron chi connectivity index (χ2n) is 3.52. The number of hydrogen-bond donors (Lipinski definition) is 1. The number of nitrogens with zero attached hydrogens (tertiary/aromatic N) is 2. The van der Waals surface area contributed by atoms with Crippen LogP contribution < -0.4 is 0 Å². The van der Waals surface area contributed by atoms with Crippen LogP contribution >= 0.6 is 27.5 Å². The zero-order valence-electron chi connectivity index (χ0n) is 8.74. The number of rotatable bonds is 2. The van der Waals surface area contributed by atoms with Crippen molar-refractivity contribution < 1.29 is 9.90 Å². The van der Waals surface area contributed by atoms with Crippen LogP contribution in [0.25, 0.3) is 10.2 Å². The Morgan fingerprint density at radius 1 is 1.50 bits per heavy atom. The summed E-state index contributed by atoms with van der Waals surface area (Å²) in [5, 5.41) is 9.78. The van der Waals surface area contributed by atoms with Crippen LogP contribution in [0.15, 0.2) is 4.60 Å². The van der Waals surface area contributed by atoms with Crippen LogP contribution in [0.3, 0.4) is 0 Å². The van der Waals surface area contributed by atoms with Crippen molar-refractivity contribution in [2.75, 3.05) is 0 Å². The SMILES string of the molecule is Cc1nc2snc(Br)c2c(C)c1CC(=O)O. The summed E-state index contributed by atoms with van der Waals surface area (Å²) >= 11 is 4.67. The van der Waals surface area contributed by atoms with E-state index in [4.69, 9.17) is 5.11 Å². The van der Waals surface area contributed by atoms with Crippen molar-refractivity contribution in [2.45, 2.75) is 20.3 Å². The number of aryl methyl sites for hydroxylation is 2. The largest absolute Gasteiger partial charge is 0.481 e. The summed E-state index contributed by atoms with van der Waals surface area (Å²) in [6.45, 7) is 3.74. The summed E-state index contributed by atoms with van der Waals surface area (Å²) in [5.74, 6) is -0.841. The van der Waals surface area contributed by atoms with Gasteiger partial charge in [0.05, 0.1) is 6.42 Å². The lowest BCUT2D eigenvalue weighted by Gasteiger charge is -2.07. The molecule has 2 rings (SSSR count). The molecule has 0 radical (unpaired) electrons. The lowest BCUT2D eigenvalue weighted by Crippen LogP contribution is -2.05. The molecule has 6 heteroatoms. The van der Waals surface area contributed by atoms with Gasteiger partial charge in [0.1, 0.15) is 9.43 Å². The third kappa shape index (κ3) is 1.82. The van der Waals surface area contributed by atoms with Crippen LogP contribution in [0.2, 0.25) is 0 Å². The highest BCUT2D eigenvalue weighted by Crippen LogP contribution is 2.31. The van der Waals surface area contributed by atoms with E-state index in [9.17, 15) is 4.79 Å². The van der Waals surface area contributed by atoms with Crippen molar-refractivity contribution in [3.63, 3.8) is 0 Å². The van der Waals surface area contributed by atoms with E-state index >= 15 is 0 Å². The molecule has 0 saturated heterocycles. The number of hydrogen-bond acceptors (Lipinski definition) is 4. The second-order valence-corrected chi connectivity index (χ2v) is 5.03. The van der Waals surface area contributed by atoms with Crippen LogP contribution in [0, 0.1) is 13.8 Å². The van der Waals surface area contributed by atoms with Gasteiger partial charge in [-0.15, -0.1) is 0 Å². The molecule has 4 nitrogen and oxygen atoms in total. The van der Waals surface area contributed by atoms with Crippen molar-refractivity contribution in [2.24, 2.45) is 0 Å². The quantitative estimate of drug-likeness (QED) is 0.926. The Kier molecular flexibility index (Phi) is 2.94. The van der Waals surface area contributed by atoms with Crippen LogP contribution in [-0.2, 0) is 11.2 Å². The number of fused-ring (bicyclic) bond motifs is 1. The summed E-state index contributed by atoms with van der Waals surface area (Å²) in [4.78, 5) is 16.0. The summed E-state index contributed by atoms with van der Waals surface area (Å²) < 4.78 is 4.91. The highest BCUT2D eigenvalue weighted by molar-refractivity contribution is 9.10. The Hall–Kier alpha value is -1.01. The standard InChI is InChI=1S/C10H9BrN2O2S/c1-4-6(3-7(14)15)5(2)12-10-8(4)9(11)13-16-10/h3H2,1-2H3,(H,14,15). The first-order valence-electron chi connectivity index (χ1n) is 4.63. The Morgan fingerprint density at radius 2 is 2.19 bits per heavy atom. The zero-order chi connectivity index (χ0) is 11.9. The number of carboxylic acids is 1. The van der Waals surface area contributed by atoms with Crippen molar-refractivity contribution >= 4 is 43.6 Å². The average Bonchev–Trinajstić information content (AvgIpc) is 2.54. The van der Waals surface area contributed by atoms with Gasteiger partial charge < -0.3 is 5.11 Å². The lowest BCUT2D eigenvalue weighted by molar-refractivity contribution is -0.136. The average molecular weight is 301 g/mol. The minimum Gasteiger partial charge on any atom is -0.481 e. The number of halogens is 1. The monoisotopic (exact) mass is 300 g/mol. The van der Waals surface area contributed by atoms with Gasteiger partial charge >= 0.3 is 5.97 Å². The topological polar surface area (TPSA) is 63.1 Å². The van der Waals surface area contributed by atoms with Crippen LogP contribution in [0.4, 0.5) is 0 Å². The first kappa shape index (κ1) is 11.5. The van der Waals surface area contributed by atoms with E-state index in [0.29, 0.717) is 0 Å². The van der Waals surface area contributed by atoms with Crippen molar-refractivity contribution in [3.8, 4) is 0 Å². The molecule has 0 saturated carbocycles. The molecule has 0 aliphatic heterocycles. The fourth-order valence-corrected chi connectivity index (χ4v) is 3.32. The van der Waals surface area contributed by atoms with E-state index in [1.807, 2.05) is 13.8 Å². The maximum absolute atomic E-state index is 10.8. The molecule has 2 aromatic rings. The second kappa shape index (κ2) is 4.10. The molecule has 2 heterocycles. The van der Waals surface area contributed by atoms with Crippen molar-refractivity contribution in [1.82, 2.24) is 9.36 Å². The molecular formula is C10H9BrN2O2S.